The first kappa shape index (κ1) is 31.1. The van der Waals surface area contributed by atoms with Gasteiger partial charge in [-0.3, -0.25) is 18.6 Å². The number of carbonyl (C=O) groups excluding carboxylic acids is 3. The van der Waals surface area contributed by atoms with Crippen molar-refractivity contribution >= 4 is 34.2 Å². The molecule has 3 amide bonds. The fourth-order valence-electron chi connectivity index (χ4n) is 3.86. The first-order chi connectivity index (χ1) is 18.0. The summed E-state index contributed by atoms with van der Waals surface area (Å²) < 4.78 is 27.4. The standard InChI is InChI=1S/C29H40FN3O4S/c1-20(2)14-15-31-29(36)26(16-21(3)4)33(17-23-8-6-7-9-25(23)30)28(35)19-38(37)18-27(34)32-24-12-10-22(5)11-13-24/h6-13,20-21,26H,14-19H2,1-5H3,(H,31,36)(H,32,34)/t26-,38-/m0/s1. The highest BCUT2D eigenvalue weighted by Gasteiger charge is 2.32. The minimum Gasteiger partial charge on any atom is -0.354 e. The molecule has 2 aromatic carbocycles. The molecule has 0 unspecified atom stereocenters. The van der Waals surface area contributed by atoms with E-state index in [1.807, 2.05) is 32.9 Å². The zero-order valence-electron chi connectivity index (χ0n) is 23.0. The van der Waals surface area contributed by atoms with Gasteiger partial charge in [-0.25, -0.2) is 4.39 Å². The third-order valence-corrected chi connectivity index (χ3v) is 7.08. The molecule has 0 spiro atoms. The molecule has 9 heteroatoms. The maximum absolute atomic E-state index is 14.5. The number of hydrogen-bond acceptors (Lipinski definition) is 4. The van der Waals surface area contributed by atoms with Crippen LogP contribution in [0.25, 0.3) is 0 Å². The van der Waals surface area contributed by atoms with Gasteiger partial charge in [-0.15, -0.1) is 0 Å². The van der Waals surface area contributed by atoms with Gasteiger partial charge in [-0.05, 0) is 49.8 Å². The van der Waals surface area contributed by atoms with Gasteiger partial charge in [0.05, 0.1) is 0 Å². The van der Waals surface area contributed by atoms with E-state index in [1.54, 1.807) is 30.3 Å². The summed E-state index contributed by atoms with van der Waals surface area (Å²) in [5, 5.41) is 5.58. The van der Waals surface area contributed by atoms with Crippen molar-refractivity contribution in [3.8, 4) is 0 Å². The summed E-state index contributed by atoms with van der Waals surface area (Å²) in [4.78, 5) is 40.4. The van der Waals surface area contributed by atoms with E-state index >= 15 is 0 Å². The number of benzene rings is 2. The van der Waals surface area contributed by atoms with Crippen LogP contribution in [0, 0.1) is 24.6 Å². The molecule has 0 heterocycles. The lowest BCUT2D eigenvalue weighted by molar-refractivity contribution is -0.140. The fraction of sp³-hybridized carbons (Fsp3) is 0.483. The maximum atomic E-state index is 14.5. The van der Waals surface area contributed by atoms with E-state index in [1.165, 1.54) is 11.0 Å². The Morgan fingerprint density at radius 1 is 0.947 bits per heavy atom. The first-order valence-corrected chi connectivity index (χ1v) is 14.5. The molecule has 0 radical (unpaired) electrons. The number of halogens is 1. The lowest BCUT2D eigenvalue weighted by atomic mass is 10.00. The van der Waals surface area contributed by atoms with Crippen LogP contribution in [0.5, 0.6) is 0 Å². The van der Waals surface area contributed by atoms with Gasteiger partial charge < -0.3 is 15.5 Å². The van der Waals surface area contributed by atoms with Gasteiger partial charge in [0.1, 0.15) is 23.4 Å². The van der Waals surface area contributed by atoms with E-state index in [9.17, 15) is 23.0 Å². The number of anilines is 1. The Kier molecular flexibility index (Phi) is 12.6. The van der Waals surface area contributed by atoms with Gasteiger partial charge in [0.15, 0.2) is 0 Å². The lowest BCUT2D eigenvalue weighted by Gasteiger charge is -2.32. The summed E-state index contributed by atoms with van der Waals surface area (Å²) in [5.41, 5.74) is 1.86. The molecule has 7 nitrogen and oxygen atoms in total. The maximum Gasteiger partial charge on any atom is 0.242 e. The summed E-state index contributed by atoms with van der Waals surface area (Å²) in [6.45, 7) is 10.2. The second-order valence-electron chi connectivity index (χ2n) is 10.4. The molecule has 0 aliphatic rings. The topological polar surface area (TPSA) is 95.6 Å². The zero-order valence-corrected chi connectivity index (χ0v) is 23.8. The number of carbonyl (C=O) groups is 3. The summed E-state index contributed by atoms with van der Waals surface area (Å²) >= 11 is 0. The average Bonchev–Trinajstić information content (AvgIpc) is 2.83. The summed E-state index contributed by atoms with van der Waals surface area (Å²) in [6.07, 6.45) is 1.13. The van der Waals surface area contributed by atoms with Crippen LogP contribution in [0.3, 0.4) is 0 Å². The second-order valence-corrected chi connectivity index (χ2v) is 11.8. The van der Waals surface area contributed by atoms with E-state index in [2.05, 4.69) is 24.5 Å². The first-order valence-electron chi connectivity index (χ1n) is 13.0. The van der Waals surface area contributed by atoms with Crippen LogP contribution in [0.15, 0.2) is 48.5 Å². The molecular formula is C29H40FN3O4S. The van der Waals surface area contributed by atoms with Crippen LogP contribution in [0.4, 0.5) is 10.1 Å². The molecule has 38 heavy (non-hydrogen) atoms. The number of aryl methyl sites for hydroxylation is 1. The highest BCUT2D eigenvalue weighted by atomic mass is 32.2. The van der Waals surface area contributed by atoms with E-state index in [0.29, 0.717) is 24.6 Å². The van der Waals surface area contributed by atoms with Crippen molar-refractivity contribution in [2.45, 2.75) is 60.0 Å². The van der Waals surface area contributed by atoms with Gasteiger partial charge in [0.2, 0.25) is 17.7 Å². The number of hydrogen-bond donors (Lipinski definition) is 2. The van der Waals surface area contributed by atoms with Gasteiger partial charge in [0, 0.05) is 35.1 Å². The normalized spacial score (nSPS) is 12.7. The van der Waals surface area contributed by atoms with Crippen molar-refractivity contribution in [2.75, 3.05) is 23.4 Å². The van der Waals surface area contributed by atoms with Crippen molar-refractivity contribution in [1.82, 2.24) is 10.2 Å². The molecule has 0 bridgehead atoms. The number of rotatable bonds is 14. The molecular weight excluding hydrogens is 505 g/mol. The Morgan fingerprint density at radius 3 is 2.21 bits per heavy atom. The van der Waals surface area contributed by atoms with Crippen LogP contribution in [0.2, 0.25) is 0 Å². The highest BCUT2D eigenvalue weighted by Crippen LogP contribution is 2.19. The molecule has 2 rings (SSSR count). The molecule has 2 atom stereocenters. The Bertz CT molecular complexity index is 1110. The Labute approximate surface area is 228 Å². The number of nitrogens with zero attached hydrogens (tertiary/aromatic N) is 1. The predicted molar refractivity (Wildman–Crippen MR) is 150 cm³/mol. The number of nitrogens with one attached hydrogen (secondary N) is 2. The van der Waals surface area contributed by atoms with Gasteiger partial charge >= 0.3 is 0 Å². The molecule has 2 N–H and O–H groups in total. The number of amides is 3. The molecule has 0 aliphatic carbocycles. The fourth-order valence-corrected chi connectivity index (χ4v) is 4.77. The zero-order chi connectivity index (χ0) is 28.2. The van der Waals surface area contributed by atoms with E-state index in [4.69, 9.17) is 0 Å². The van der Waals surface area contributed by atoms with Gasteiger partial charge in [-0.1, -0.05) is 63.6 Å². The second kappa shape index (κ2) is 15.4. The largest absolute Gasteiger partial charge is 0.354 e. The SMILES string of the molecule is Cc1ccc(NC(=O)C[S@](=O)CC(=O)N(Cc2ccccc2F)[C@@H](CC(C)C)C(=O)NCCC(C)C)cc1. The average molecular weight is 546 g/mol. The van der Waals surface area contributed by atoms with Crippen LogP contribution in [-0.4, -0.2) is 50.9 Å². The van der Waals surface area contributed by atoms with Crippen LogP contribution < -0.4 is 10.6 Å². The summed E-state index contributed by atoms with van der Waals surface area (Å²) in [5.74, 6) is -2.24. The summed E-state index contributed by atoms with van der Waals surface area (Å²) in [7, 11) is -1.82. The molecule has 0 fully saturated rings. The van der Waals surface area contributed by atoms with Crippen molar-refractivity contribution in [1.29, 1.82) is 0 Å². The highest BCUT2D eigenvalue weighted by molar-refractivity contribution is 7.86. The Hall–Kier alpha value is -3.07. The Balaban J connectivity index is 2.20. The van der Waals surface area contributed by atoms with E-state index < -0.39 is 40.2 Å². The van der Waals surface area contributed by atoms with Crippen molar-refractivity contribution < 1.29 is 23.0 Å². The smallest absolute Gasteiger partial charge is 0.242 e. The minimum absolute atomic E-state index is 0.0672. The molecule has 208 valence electrons. The predicted octanol–water partition coefficient (Wildman–Crippen LogP) is 4.43. The monoisotopic (exact) mass is 545 g/mol. The van der Waals surface area contributed by atoms with Gasteiger partial charge in [-0.2, -0.15) is 0 Å². The summed E-state index contributed by atoms with van der Waals surface area (Å²) in [6, 6.07) is 12.4. The van der Waals surface area contributed by atoms with Crippen molar-refractivity contribution in [2.24, 2.45) is 11.8 Å². The molecule has 0 saturated heterocycles. The third kappa shape index (κ3) is 10.7. The van der Waals surface area contributed by atoms with Crippen LogP contribution in [-0.2, 0) is 31.7 Å². The minimum atomic E-state index is -1.82. The van der Waals surface area contributed by atoms with Crippen molar-refractivity contribution in [3.05, 3.63) is 65.5 Å². The molecule has 0 aromatic heterocycles. The van der Waals surface area contributed by atoms with Crippen LogP contribution in [0.1, 0.15) is 51.7 Å². The van der Waals surface area contributed by atoms with E-state index in [0.717, 1.165) is 12.0 Å². The van der Waals surface area contributed by atoms with Crippen LogP contribution >= 0.6 is 0 Å². The third-order valence-electron chi connectivity index (χ3n) is 5.93. The van der Waals surface area contributed by atoms with E-state index in [-0.39, 0.29) is 29.7 Å². The quantitative estimate of drug-likeness (QED) is 0.367. The van der Waals surface area contributed by atoms with Crippen molar-refractivity contribution in [3.63, 3.8) is 0 Å². The molecule has 2 aromatic rings. The molecule has 0 aliphatic heterocycles. The van der Waals surface area contributed by atoms with Gasteiger partial charge in [0.25, 0.3) is 0 Å². The molecule has 0 saturated carbocycles. The Morgan fingerprint density at radius 2 is 1.61 bits per heavy atom. The lowest BCUT2D eigenvalue weighted by Crippen LogP contribution is -2.51.